The van der Waals surface area contributed by atoms with E-state index in [0.29, 0.717) is 44.9 Å². The van der Waals surface area contributed by atoms with Crippen LogP contribution in [0.3, 0.4) is 0 Å². The summed E-state index contributed by atoms with van der Waals surface area (Å²) in [6.07, 6.45) is 5.79. The van der Waals surface area contributed by atoms with Gasteiger partial charge < -0.3 is 20.4 Å². The van der Waals surface area contributed by atoms with Crippen LogP contribution in [0, 0.1) is 50.2 Å². The maximum Gasteiger partial charge on any atom is 0.397 e. The molecule has 0 heterocycles. The van der Waals surface area contributed by atoms with Gasteiger partial charge in [0.1, 0.15) is 0 Å². The first kappa shape index (κ1) is 30.4. The van der Waals surface area contributed by atoms with E-state index < -0.39 is 51.4 Å². The number of hydrogen-bond donors (Lipinski definition) is 5. The Hall–Kier alpha value is -1.04. The van der Waals surface area contributed by atoms with E-state index in [4.69, 9.17) is 4.18 Å². The molecule has 5 N–H and O–H groups in total. The number of aliphatic carboxylic acids is 1. The second-order valence-electron chi connectivity index (χ2n) is 15.4. The summed E-state index contributed by atoms with van der Waals surface area (Å²) in [6, 6.07) is 0. The second kappa shape index (κ2) is 9.23. The molecule has 0 aliphatic heterocycles. The van der Waals surface area contributed by atoms with Crippen LogP contribution < -0.4 is 0 Å². The van der Waals surface area contributed by atoms with E-state index in [-0.39, 0.29) is 40.6 Å². The van der Waals surface area contributed by atoms with Gasteiger partial charge in [-0.25, -0.2) is 4.18 Å². The van der Waals surface area contributed by atoms with Crippen molar-refractivity contribution in [1.29, 1.82) is 0 Å². The van der Waals surface area contributed by atoms with Crippen LogP contribution in [-0.4, -0.2) is 64.8 Å². The summed E-state index contributed by atoms with van der Waals surface area (Å²) in [5.74, 6) is -0.941. The Bertz CT molecular complexity index is 1200. The largest absolute Gasteiger partial charge is 0.481 e. The first-order valence-electron chi connectivity index (χ1n) is 14.8. The summed E-state index contributed by atoms with van der Waals surface area (Å²) < 4.78 is 37.2. The zero-order chi connectivity index (χ0) is 29.7. The highest BCUT2D eigenvalue weighted by molar-refractivity contribution is 7.80. The highest BCUT2D eigenvalue weighted by Crippen LogP contribution is 2.75. The van der Waals surface area contributed by atoms with Crippen molar-refractivity contribution < 1.29 is 42.4 Å². The molecule has 4 saturated carbocycles. The molecule has 0 saturated heterocycles. The SMILES string of the molecule is C[C@@]1(CO)CC[C@]2(C(=O)O)CC[C@]3(C)C(=CCC4[C@@]5(C)C[C@@H](O)[C@H](O)[C@@](C)(COS(=O)(=O)O)C5CC[C@]43C)C2C1. The molecular weight excluding hydrogens is 536 g/mol. The molecule has 0 spiro atoms. The predicted octanol–water partition coefficient (Wildman–Crippen LogP) is 3.98. The number of aliphatic hydroxyl groups is 3. The highest BCUT2D eigenvalue weighted by Gasteiger charge is 2.70. The number of carboxylic acids is 1. The lowest BCUT2D eigenvalue weighted by atomic mass is 9.33. The Labute approximate surface area is 238 Å². The molecule has 0 amide bonds. The van der Waals surface area contributed by atoms with E-state index >= 15 is 0 Å². The fourth-order valence-electron chi connectivity index (χ4n) is 11.0. The maximum atomic E-state index is 12.8. The lowest BCUT2D eigenvalue weighted by Crippen LogP contribution is -2.68. The third-order valence-corrected chi connectivity index (χ3v) is 14.0. The van der Waals surface area contributed by atoms with Gasteiger partial charge in [0.2, 0.25) is 0 Å². The average Bonchev–Trinajstić information content (AvgIpc) is 2.86. The fraction of sp³-hybridized carbons (Fsp3) is 0.900. The van der Waals surface area contributed by atoms with E-state index in [2.05, 4.69) is 33.8 Å². The smallest absolute Gasteiger partial charge is 0.397 e. The van der Waals surface area contributed by atoms with Crippen LogP contribution in [0.5, 0.6) is 0 Å². The van der Waals surface area contributed by atoms with Crippen LogP contribution >= 0.6 is 0 Å². The van der Waals surface area contributed by atoms with Gasteiger partial charge in [0, 0.05) is 12.0 Å². The third kappa shape index (κ3) is 4.03. The van der Waals surface area contributed by atoms with Crippen molar-refractivity contribution in [3.05, 3.63) is 11.6 Å². The number of carboxylic acid groups (broad SMARTS) is 1. The van der Waals surface area contributed by atoms with Gasteiger partial charge in [0.05, 0.1) is 24.2 Å². The van der Waals surface area contributed by atoms with Crippen molar-refractivity contribution in [1.82, 2.24) is 0 Å². The first-order valence-corrected chi connectivity index (χ1v) is 16.2. The van der Waals surface area contributed by atoms with E-state index in [1.165, 1.54) is 5.57 Å². The molecule has 0 aromatic carbocycles. The molecule has 0 aromatic rings. The van der Waals surface area contributed by atoms with Gasteiger partial charge in [-0.15, -0.1) is 0 Å². The molecule has 3 unspecified atom stereocenters. The zero-order valence-corrected chi connectivity index (χ0v) is 25.3. The Morgan fingerprint density at radius 1 is 1.00 bits per heavy atom. The first-order chi connectivity index (χ1) is 18.3. The molecule has 10 heteroatoms. The summed E-state index contributed by atoms with van der Waals surface area (Å²) in [5.41, 5.74) is -1.96. The minimum absolute atomic E-state index is 0.0350. The van der Waals surface area contributed by atoms with Crippen molar-refractivity contribution in [2.24, 2.45) is 50.2 Å². The van der Waals surface area contributed by atoms with Gasteiger partial charge in [-0.2, -0.15) is 8.42 Å². The van der Waals surface area contributed by atoms with E-state index in [0.717, 1.165) is 12.8 Å². The molecular formula is C30H48O9S. The quantitative estimate of drug-likeness (QED) is 0.238. The molecule has 9 nitrogen and oxygen atoms in total. The molecule has 0 radical (unpaired) electrons. The standard InChI is InChI=1S/C30H48O9S/c1-25(16-31)10-12-30(24(34)35)13-11-28(4)18(19(30)14-25)6-7-22-26(2)15-20(32)23(33)27(3,17-39-40(36,37)38)21(26)8-9-29(22,28)5/h6,19-23,31-33H,7-17H2,1-5H3,(H,34,35)(H,36,37,38)/t19?,20-,21?,22?,23+,25-,26+,27+,28-,29-,30+/m1/s1. The van der Waals surface area contributed by atoms with Gasteiger partial charge in [-0.1, -0.05) is 46.3 Å². The fourth-order valence-corrected chi connectivity index (χ4v) is 11.4. The van der Waals surface area contributed by atoms with Crippen LogP contribution in [-0.2, 0) is 19.4 Å². The summed E-state index contributed by atoms with van der Waals surface area (Å²) in [4.78, 5) is 12.8. The molecule has 5 aliphatic rings. The van der Waals surface area contributed by atoms with Gasteiger partial charge in [-0.05, 0) is 97.2 Å². The van der Waals surface area contributed by atoms with Crippen LogP contribution in [0.15, 0.2) is 11.6 Å². The molecule has 5 rings (SSSR count). The van der Waals surface area contributed by atoms with E-state index in [9.17, 15) is 38.2 Å². The number of aliphatic hydroxyl groups excluding tert-OH is 3. The second-order valence-corrected chi connectivity index (χ2v) is 16.5. The maximum absolute atomic E-state index is 12.8. The van der Waals surface area contributed by atoms with Crippen molar-refractivity contribution in [3.8, 4) is 0 Å². The lowest BCUT2D eigenvalue weighted by molar-refractivity contribution is -0.242. The van der Waals surface area contributed by atoms with Gasteiger partial charge in [-0.3, -0.25) is 9.35 Å². The molecule has 4 fully saturated rings. The third-order valence-electron chi connectivity index (χ3n) is 13.6. The molecule has 0 bridgehead atoms. The molecule has 5 aliphatic carbocycles. The van der Waals surface area contributed by atoms with Gasteiger partial charge >= 0.3 is 16.4 Å². The average molecular weight is 585 g/mol. The van der Waals surface area contributed by atoms with Crippen LogP contribution in [0.1, 0.15) is 92.4 Å². The Balaban J connectivity index is 1.58. The summed E-state index contributed by atoms with van der Waals surface area (Å²) in [7, 11) is -4.73. The molecule has 228 valence electrons. The number of allylic oxidation sites excluding steroid dienone is 2. The van der Waals surface area contributed by atoms with Gasteiger partial charge in [0.25, 0.3) is 0 Å². The van der Waals surface area contributed by atoms with E-state index in [1.807, 2.05) is 0 Å². The Morgan fingerprint density at radius 3 is 2.25 bits per heavy atom. The monoisotopic (exact) mass is 584 g/mol. The van der Waals surface area contributed by atoms with Crippen LogP contribution in [0.2, 0.25) is 0 Å². The number of carbonyl (C=O) groups is 1. The van der Waals surface area contributed by atoms with Crippen molar-refractivity contribution in [2.75, 3.05) is 13.2 Å². The number of fused-ring (bicyclic) bond motifs is 7. The summed E-state index contributed by atoms with van der Waals surface area (Å²) in [5, 5.41) is 43.0. The van der Waals surface area contributed by atoms with Crippen LogP contribution in [0.4, 0.5) is 0 Å². The van der Waals surface area contributed by atoms with Crippen molar-refractivity contribution in [2.45, 2.75) is 105 Å². The summed E-state index contributed by atoms with van der Waals surface area (Å²) >= 11 is 0. The van der Waals surface area contributed by atoms with Crippen molar-refractivity contribution >= 4 is 16.4 Å². The number of hydrogen-bond acceptors (Lipinski definition) is 7. The summed E-state index contributed by atoms with van der Waals surface area (Å²) in [6.45, 7) is 10.2. The minimum atomic E-state index is -4.73. The lowest BCUT2D eigenvalue weighted by Gasteiger charge is -2.71. The Kier molecular flexibility index (Phi) is 7.02. The van der Waals surface area contributed by atoms with Gasteiger partial charge in [0.15, 0.2) is 0 Å². The normalized spacial score (nSPS) is 52.4. The molecule has 0 aromatic heterocycles. The minimum Gasteiger partial charge on any atom is -0.481 e. The molecule has 11 atom stereocenters. The number of rotatable bonds is 5. The topological polar surface area (TPSA) is 162 Å². The Morgan fingerprint density at radius 2 is 1.65 bits per heavy atom. The predicted molar refractivity (Wildman–Crippen MR) is 147 cm³/mol. The van der Waals surface area contributed by atoms with E-state index in [1.54, 1.807) is 6.92 Å². The molecule has 40 heavy (non-hydrogen) atoms. The van der Waals surface area contributed by atoms with Crippen molar-refractivity contribution in [3.63, 3.8) is 0 Å². The highest BCUT2D eigenvalue weighted by atomic mass is 32.3. The van der Waals surface area contributed by atoms with Crippen LogP contribution in [0.25, 0.3) is 0 Å². The zero-order valence-electron chi connectivity index (χ0n) is 24.5.